The van der Waals surface area contributed by atoms with Gasteiger partial charge in [0.05, 0.1) is 0 Å². The van der Waals surface area contributed by atoms with Crippen molar-refractivity contribution in [3.63, 3.8) is 0 Å². The summed E-state index contributed by atoms with van der Waals surface area (Å²) in [5.41, 5.74) is 7.02. The molecule has 1 heterocycles. The zero-order valence-electron chi connectivity index (χ0n) is 10.5. The SMILES string of the molecule is CN1CCCC(CN)(c2cccc(F)c2)CC1. The molecule has 0 bridgehead atoms. The quantitative estimate of drug-likeness (QED) is 0.852. The average Bonchev–Trinajstić information content (AvgIpc) is 2.52. The lowest BCUT2D eigenvalue weighted by molar-refractivity contribution is 0.328. The van der Waals surface area contributed by atoms with Gasteiger partial charge in [0.1, 0.15) is 5.82 Å². The third kappa shape index (κ3) is 2.67. The van der Waals surface area contributed by atoms with Gasteiger partial charge >= 0.3 is 0 Å². The summed E-state index contributed by atoms with van der Waals surface area (Å²) in [6, 6.07) is 6.95. The van der Waals surface area contributed by atoms with Gasteiger partial charge in [-0.25, -0.2) is 4.39 Å². The summed E-state index contributed by atoms with van der Waals surface area (Å²) in [5.74, 6) is -0.159. The van der Waals surface area contributed by atoms with Crippen molar-refractivity contribution in [1.82, 2.24) is 4.90 Å². The summed E-state index contributed by atoms with van der Waals surface area (Å²) in [5, 5.41) is 0. The van der Waals surface area contributed by atoms with Crippen LogP contribution in [0.5, 0.6) is 0 Å². The van der Waals surface area contributed by atoms with Gasteiger partial charge < -0.3 is 10.6 Å². The molecular formula is C14H21FN2. The maximum Gasteiger partial charge on any atom is 0.123 e. The van der Waals surface area contributed by atoms with Gasteiger partial charge in [0.2, 0.25) is 0 Å². The molecule has 1 atom stereocenters. The first-order chi connectivity index (χ1) is 8.16. The van der Waals surface area contributed by atoms with E-state index in [0.717, 1.165) is 37.9 Å². The molecule has 1 fully saturated rings. The van der Waals surface area contributed by atoms with Gasteiger partial charge in [0.15, 0.2) is 0 Å². The Morgan fingerprint density at radius 1 is 1.35 bits per heavy atom. The highest BCUT2D eigenvalue weighted by molar-refractivity contribution is 5.27. The molecule has 0 amide bonds. The Balaban J connectivity index is 2.29. The highest BCUT2D eigenvalue weighted by Gasteiger charge is 2.32. The fraction of sp³-hybridized carbons (Fsp3) is 0.571. The van der Waals surface area contributed by atoms with Crippen molar-refractivity contribution < 1.29 is 4.39 Å². The van der Waals surface area contributed by atoms with Gasteiger partial charge in [-0.1, -0.05) is 12.1 Å². The molecule has 1 aromatic rings. The minimum atomic E-state index is -0.159. The third-order valence-electron chi connectivity index (χ3n) is 3.99. The van der Waals surface area contributed by atoms with Crippen LogP contribution in [0.2, 0.25) is 0 Å². The van der Waals surface area contributed by atoms with Gasteiger partial charge in [0, 0.05) is 12.0 Å². The number of halogens is 1. The van der Waals surface area contributed by atoms with Crippen LogP contribution in [0.1, 0.15) is 24.8 Å². The Morgan fingerprint density at radius 2 is 2.18 bits per heavy atom. The van der Waals surface area contributed by atoms with E-state index in [4.69, 9.17) is 5.73 Å². The summed E-state index contributed by atoms with van der Waals surface area (Å²) in [6.07, 6.45) is 3.20. The third-order valence-corrected chi connectivity index (χ3v) is 3.99. The van der Waals surface area contributed by atoms with E-state index in [1.807, 2.05) is 6.07 Å². The lowest BCUT2D eigenvalue weighted by Crippen LogP contribution is -2.36. The molecule has 2 nitrogen and oxygen atoms in total. The van der Waals surface area contributed by atoms with Gasteiger partial charge in [-0.3, -0.25) is 0 Å². The highest BCUT2D eigenvalue weighted by atomic mass is 19.1. The van der Waals surface area contributed by atoms with Crippen LogP contribution in [0.25, 0.3) is 0 Å². The summed E-state index contributed by atoms with van der Waals surface area (Å²) < 4.78 is 13.4. The molecule has 2 N–H and O–H groups in total. The molecule has 0 saturated carbocycles. The Bertz CT molecular complexity index is 380. The number of nitrogens with two attached hydrogens (primary N) is 1. The van der Waals surface area contributed by atoms with E-state index in [1.165, 1.54) is 6.07 Å². The molecule has 1 aromatic carbocycles. The van der Waals surface area contributed by atoms with Crippen molar-refractivity contribution >= 4 is 0 Å². The van der Waals surface area contributed by atoms with Gasteiger partial charge in [0.25, 0.3) is 0 Å². The van der Waals surface area contributed by atoms with Crippen LogP contribution in [0.4, 0.5) is 4.39 Å². The second-order valence-corrected chi connectivity index (χ2v) is 5.15. The second-order valence-electron chi connectivity index (χ2n) is 5.15. The molecule has 17 heavy (non-hydrogen) atoms. The normalized spacial score (nSPS) is 26.8. The molecule has 1 aliphatic heterocycles. The number of likely N-dealkylation sites (tertiary alicyclic amines) is 1. The average molecular weight is 236 g/mol. The van der Waals surface area contributed by atoms with Crippen molar-refractivity contribution in [3.05, 3.63) is 35.6 Å². The van der Waals surface area contributed by atoms with E-state index in [1.54, 1.807) is 12.1 Å². The minimum Gasteiger partial charge on any atom is -0.330 e. The van der Waals surface area contributed by atoms with Gasteiger partial charge in [-0.05, 0) is 57.1 Å². The zero-order valence-corrected chi connectivity index (χ0v) is 10.5. The molecule has 0 aromatic heterocycles. The van der Waals surface area contributed by atoms with Crippen molar-refractivity contribution in [2.45, 2.75) is 24.7 Å². The summed E-state index contributed by atoms with van der Waals surface area (Å²) >= 11 is 0. The molecule has 1 aliphatic rings. The van der Waals surface area contributed by atoms with E-state index in [-0.39, 0.29) is 11.2 Å². The summed E-state index contributed by atoms with van der Waals surface area (Å²) in [4.78, 5) is 2.33. The molecule has 0 radical (unpaired) electrons. The molecule has 0 aliphatic carbocycles. The molecule has 1 unspecified atom stereocenters. The van der Waals surface area contributed by atoms with E-state index in [2.05, 4.69) is 11.9 Å². The van der Waals surface area contributed by atoms with Gasteiger partial charge in [-0.15, -0.1) is 0 Å². The zero-order chi connectivity index (χ0) is 12.3. The Morgan fingerprint density at radius 3 is 2.88 bits per heavy atom. The van der Waals surface area contributed by atoms with E-state index >= 15 is 0 Å². The van der Waals surface area contributed by atoms with Crippen LogP contribution in [-0.4, -0.2) is 31.6 Å². The highest BCUT2D eigenvalue weighted by Crippen LogP contribution is 2.34. The lowest BCUT2D eigenvalue weighted by atomic mass is 9.74. The first-order valence-corrected chi connectivity index (χ1v) is 6.31. The number of benzene rings is 1. The Hall–Kier alpha value is -0.930. The number of hydrogen-bond donors (Lipinski definition) is 1. The molecule has 2 rings (SSSR count). The van der Waals surface area contributed by atoms with Crippen molar-refractivity contribution in [1.29, 1.82) is 0 Å². The van der Waals surface area contributed by atoms with Crippen LogP contribution >= 0.6 is 0 Å². The molecule has 0 spiro atoms. The maximum atomic E-state index is 13.4. The second kappa shape index (κ2) is 5.15. The van der Waals surface area contributed by atoms with Crippen LogP contribution in [0.15, 0.2) is 24.3 Å². The van der Waals surface area contributed by atoms with Crippen LogP contribution in [0, 0.1) is 5.82 Å². The topological polar surface area (TPSA) is 29.3 Å². The molecule has 94 valence electrons. The fourth-order valence-electron chi connectivity index (χ4n) is 2.76. The molecular weight excluding hydrogens is 215 g/mol. The lowest BCUT2D eigenvalue weighted by Gasteiger charge is -2.32. The van der Waals surface area contributed by atoms with Crippen LogP contribution in [0.3, 0.4) is 0 Å². The largest absolute Gasteiger partial charge is 0.330 e. The first kappa shape index (κ1) is 12.5. The standard InChI is InChI=1S/C14H21FN2/c1-17-8-3-6-14(11-16,7-9-17)12-4-2-5-13(15)10-12/h2,4-5,10H,3,6-9,11,16H2,1H3. The van der Waals surface area contributed by atoms with Crippen LogP contribution in [-0.2, 0) is 5.41 Å². The number of nitrogens with zero attached hydrogens (tertiary/aromatic N) is 1. The van der Waals surface area contributed by atoms with Crippen molar-refractivity contribution in [3.8, 4) is 0 Å². The van der Waals surface area contributed by atoms with Crippen LogP contribution < -0.4 is 5.73 Å². The monoisotopic (exact) mass is 236 g/mol. The van der Waals surface area contributed by atoms with E-state index in [0.29, 0.717) is 6.54 Å². The fourth-order valence-corrected chi connectivity index (χ4v) is 2.76. The first-order valence-electron chi connectivity index (χ1n) is 6.31. The Kier molecular flexibility index (Phi) is 3.79. The van der Waals surface area contributed by atoms with E-state index in [9.17, 15) is 4.39 Å². The number of hydrogen-bond acceptors (Lipinski definition) is 2. The van der Waals surface area contributed by atoms with Crippen molar-refractivity contribution in [2.75, 3.05) is 26.7 Å². The molecule has 1 saturated heterocycles. The minimum absolute atomic E-state index is 0.0349. The predicted octanol–water partition coefficient (Wildman–Crippen LogP) is 2.14. The number of rotatable bonds is 2. The maximum absolute atomic E-state index is 13.4. The van der Waals surface area contributed by atoms with Gasteiger partial charge in [-0.2, -0.15) is 0 Å². The smallest absolute Gasteiger partial charge is 0.123 e. The summed E-state index contributed by atoms with van der Waals surface area (Å²) in [7, 11) is 2.14. The Labute approximate surface area is 103 Å². The summed E-state index contributed by atoms with van der Waals surface area (Å²) in [6.45, 7) is 2.75. The molecule has 3 heteroatoms. The van der Waals surface area contributed by atoms with Crippen molar-refractivity contribution in [2.24, 2.45) is 5.73 Å². The van der Waals surface area contributed by atoms with E-state index < -0.39 is 0 Å². The predicted molar refractivity (Wildman–Crippen MR) is 68.5 cm³/mol.